The summed E-state index contributed by atoms with van der Waals surface area (Å²) < 4.78 is 17.6. The first-order chi connectivity index (χ1) is 11.4. The minimum atomic E-state index is 0.412. The van der Waals surface area contributed by atoms with Crippen molar-refractivity contribution in [2.45, 2.75) is 81.3 Å². The summed E-state index contributed by atoms with van der Waals surface area (Å²) in [5.74, 6) is 3.04. The molecular formula is C19H32O3S. The van der Waals surface area contributed by atoms with Gasteiger partial charge in [-0.3, -0.25) is 0 Å². The van der Waals surface area contributed by atoms with E-state index in [-0.39, 0.29) is 0 Å². The quantitative estimate of drug-likeness (QED) is 0.624. The predicted octanol–water partition coefficient (Wildman–Crippen LogP) is 4.04. The van der Waals surface area contributed by atoms with Crippen molar-refractivity contribution in [3.05, 3.63) is 0 Å². The van der Waals surface area contributed by atoms with Crippen molar-refractivity contribution in [3.63, 3.8) is 0 Å². The molecule has 0 aromatic rings. The Bertz CT molecular complexity index is 362. The van der Waals surface area contributed by atoms with Crippen LogP contribution in [0.25, 0.3) is 0 Å². The molecule has 0 amide bonds. The maximum atomic E-state index is 6.20. The summed E-state index contributed by atoms with van der Waals surface area (Å²) in [4.78, 5) is 0. The van der Waals surface area contributed by atoms with Gasteiger partial charge in [0.1, 0.15) is 6.10 Å². The number of rotatable bonds is 8. The number of epoxide rings is 1. The Balaban J connectivity index is 1.17. The van der Waals surface area contributed by atoms with Gasteiger partial charge in [0.05, 0.1) is 32.0 Å². The summed E-state index contributed by atoms with van der Waals surface area (Å²) in [6.45, 7) is 2.75. The lowest BCUT2D eigenvalue weighted by Gasteiger charge is -2.36. The molecule has 0 aromatic heterocycles. The van der Waals surface area contributed by atoms with Crippen LogP contribution in [0.3, 0.4) is 0 Å². The molecule has 0 N–H and O–H groups in total. The summed E-state index contributed by atoms with van der Waals surface area (Å²) in [5.41, 5.74) is 0. The first kappa shape index (κ1) is 16.7. The Morgan fingerprint density at radius 3 is 2.43 bits per heavy atom. The lowest BCUT2D eigenvalue weighted by Crippen LogP contribution is -2.32. The van der Waals surface area contributed by atoms with Crippen LogP contribution >= 0.6 is 11.8 Å². The average Bonchev–Trinajstić information content (AvgIpc) is 3.48. The zero-order valence-electron chi connectivity index (χ0n) is 14.3. The van der Waals surface area contributed by atoms with Crippen LogP contribution in [0.15, 0.2) is 0 Å². The zero-order chi connectivity index (χ0) is 15.5. The fourth-order valence-corrected chi connectivity index (χ4v) is 4.84. The zero-order valence-corrected chi connectivity index (χ0v) is 15.1. The maximum absolute atomic E-state index is 6.20. The molecule has 4 fully saturated rings. The van der Waals surface area contributed by atoms with Crippen LogP contribution in [0.1, 0.15) is 57.8 Å². The molecule has 3 nitrogen and oxygen atoms in total. The summed E-state index contributed by atoms with van der Waals surface area (Å²) >= 11 is 2.04. The van der Waals surface area contributed by atoms with E-state index in [1.807, 2.05) is 11.8 Å². The minimum Gasteiger partial charge on any atom is -0.377 e. The second-order valence-corrected chi connectivity index (χ2v) is 9.37. The topological polar surface area (TPSA) is 31.0 Å². The monoisotopic (exact) mass is 340 g/mol. The molecule has 2 heterocycles. The molecular weight excluding hydrogens is 308 g/mol. The molecule has 23 heavy (non-hydrogen) atoms. The third kappa shape index (κ3) is 5.35. The predicted molar refractivity (Wildman–Crippen MR) is 94.0 cm³/mol. The molecule has 4 aliphatic rings. The normalized spacial score (nSPS) is 43.3. The first-order valence-corrected chi connectivity index (χ1v) is 10.9. The highest BCUT2D eigenvalue weighted by atomic mass is 32.2. The fraction of sp³-hybridized carbons (Fsp3) is 1.00. The van der Waals surface area contributed by atoms with Gasteiger partial charge in [0, 0.05) is 11.0 Å². The Kier molecular flexibility index (Phi) is 5.86. The Morgan fingerprint density at radius 1 is 0.913 bits per heavy atom. The molecule has 4 rings (SSSR count). The largest absolute Gasteiger partial charge is 0.377 e. The van der Waals surface area contributed by atoms with Crippen molar-refractivity contribution in [1.82, 2.24) is 0 Å². The third-order valence-electron chi connectivity index (χ3n) is 6.09. The van der Waals surface area contributed by atoms with E-state index in [1.165, 1.54) is 63.5 Å². The number of thioether (sulfide) groups is 1. The van der Waals surface area contributed by atoms with E-state index < -0.39 is 0 Å². The van der Waals surface area contributed by atoms with Gasteiger partial charge in [-0.15, -0.1) is 0 Å². The van der Waals surface area contributed by atoms with Crippen LogP contribution in [0.5, 0.6) is 0 Å². The Morgan fingerprint density at radius 2 is 1.70 bits per heavy atom. The summed E-state index contributed by atoms with van der Waals surface area (Å²) in [7, 11) is 0. The lowest BCUT2D eigenvalue weighted by molar-refractivity contribution is -0.0307. The Labute approximate surface area is 145 Å². The molecule has 4 atom stereocenters. The van der Waals surface area contributed by atoms with E-state index in [9.17, 15) is 0 Å². The molecule has 2 aliphatic carbocycles. The first-order valence-electron chi connectivity index (χ1n) is 9.83. The molecule has 2 saturated carbocycles. The number of hydrogen-bond acceptors (Lipinski definition) is 4. The minimum absolute atomic E-state index is 0.412. The third-order valence-corrected chi connectivity index (χ3v) is 7.03. The molecule has 0 bridgehead atoms. The van der Waals surface area contributed by atoms with Crippen LogP contribution < -0.4 is 0 Å². The van der Waals surface area contributed by atoms with Crippen molar-refractivity contribution in [2.75, 3.05) is 25.6 Å². The van der Waals surface area contributed by atoms with Gasteiger partial charge in [0.25, 0.3) is 0 Å². The van der Waals surface area contributed by atoms with Crippen LogP contribution in [0, 0.1) is 11.8 Å². The second kappa shape index (κ2) is 8.07. The van der Waals surface area contributed by atoms with E-state index >= 15 is 0 Å². The molecule has 0 aromatic carbocycles. The van der Waals surface area contributed by atoms with E-state index in [0.29, 0.717) is 18.3 Å². The lowest BCUT2D eigenvalue weighted by atomic mass is 9.76. The van der Waals surface area contributed by atoms with Gasteiger partial charge in [-0.05, 0) is 56.8 Å². The van der Waals surface area contributed by atoms with Crippen molar-refractivity contribution < 1.29 is 14.2 Å². The highest BCUT2D eigenvalue weighted by molar-refractivity contribution is 8.06. The summed E-state index contributed by atoms with van der Waals surface area (Å²) in [5, 5.41) is 0.823. The smallest absolute Gasteiger partial charge is 0.104 e. The van der Waals surface area contributed by atoms with E-state index in [0.717, 1.165) is 36.9 Å². The van der Waals surface area contributed by atoms with Crippen LogP contribution in [0.2, 0.25) is 0 Å². The van der Waals surface area contributed by atoms with Gasteiger partial charge >= 0.3 is 0 Å². The van der Waals surface area contributed by atoms with Gasteiger partial charge in [0.2, 0.25) is 0 Å². The van der Waals surface area contributed by atoms with Crippen molar-refractivity contribution in [2.24, 2.45) is 11.8 Å². The summed E-state index contributed by atoms with van der Waals surface area (Å²) in [6, 6.07) is 0. The molecule has 4 heteroatoms. The fourth-order valence-electron chi connectivity index (χ4n) is 4.43. The van der Waals surface area contributed by atoms with E-state index in [2.05, 4.69) is 0 Å². The SMILES string of the molecule is C1CCC(OCC2CO2)C(CC2CCC(OCC3CS3)CC2)C1. The van der Waals surface area contributed by atoms with Gasteiger partial charge in [-0.1, -0.05) is 12.8 Å². The molecule has 132 valence electrons. The van der Waals surface area contributed by atoms with E-state index in [1.54, 1.807) is 0 Å². The summed E-state index contributed by atoms with van der Waals surface area (Å²) in [6.07, 6.45) is 13.6. The van der Waals surface area contributed by atoms with Gasteiger partial charge in [-0.25, -0.2) is 0 Å². The molecule has 0 spiro atoms. The average molecular weight is 341 g/mol. The van der Waals surface area contributed by atoms with Crippen molar-refractivity contribution in [3.8, 4) is 0 Å². The standard InChI is InChI=1S/C19H32O3S/c1-2-4-19(22-11-17-10-20-17)15(3-1)9-14-5-7-16(8-6-14)21-12-18-13-23-18/h14-19H,1-13H2. The molecule has 2 aliphatic heterocycles. The second-order valence-electron chi connectivity index (χ2n) is 8.04. The highest BCUT2D eigenvalue weighted by Gasteiger charge is 2.33. The maximum Gasteiger partial charge on any atom is 0.104 e. The highest BCUT2D eigenvalue weighted by Crippen LogP contribution is 2.38. The van der Waals surface area contributed by atoms with E-state index in [4.69, 9.17) is 14.2 Å². The van der Waals surface area contributed by atoms with Crippen molar-refractivity contribution in [1.29, 1.82) is 0 Å². The number of hydrogen-bond donors (Lipinski definition) is 0. The molecule has 4 unspecified atom stereocenters. The van der Waals surface area contributed by atoms with Gasteiger partial charge in [-0.2, -0.15) is 11.8 Å². The number of ether oxygens (including phenoxy) is 3. The molecule has 2 saturated heterocycles. The van der Waals surface area contributed by atoms with Crippen molar-refractivity contribution >= 4 is 11.8 Å². The molecule has 0 radical (unpaired) electrons. The van der Waals surface area contributed by atoms with Crippen LogP contribution in [-0.2, 0) is 14.2 Å². The van der Waals surface area contributed by atoms with Crippen LogP contribution in [0.4, 0.5) is 0 Å². The van der Waals surface area contributed by atoms with Gasteiger partial charge in [0.15, 0.2) is 0 Å². The Hall–Kier alpha value is 0.230. The van der Waals surface area contributed by atoms with Crippen LogP contribution in [-0.4, -0.2) is 49.1 Å². The van der Waals surface area contributed by atoms with Gasteiger partial charge < -0.3 is 14.2 Å².